The number of halogens is 7. The number of rotatable bonds is 4. The highest BCUT2D eigenvalue weighted by molar-refractivity contribution is 6.50. The molecule has 0 radical (unpaired) electrons. The van der Waals surface area contributed by atoms with Gasteiger partial charge in [-0.15, -0.1) is 23.2 Å². The van der Waals surface area contributed by atoms with E-state index in [1.165, 1.54) is 0 Å². The van der Waals surface area contributed by atoms with Crippen molar-refractivity contribution in [2.45, 2.75) is 50.0 Å². The summed E-state index contributed by atoms with van der Waals surface area (Å²) in [7, 11) is 0. The minimum absolute atomic E-state index is 0.115. The third-order valence-electron chi connectivity index (χ3n) is 4.74. The lowest BCUT2D eigenvalue weighted by Gasteiger charge is -2.44. The molecule has 1 aromatic rings. The third kappa shape index (κ3) is 4.89. The molecule has 2 N–H and O–H groups in total. The van der Waals surface area contributed by atoms with Crippen LogP contribution in [-0.2, 0) is 6.18 Å². The van der Waals surface area contributed by atoms with Crippen LogP contribution in [0.4, 0.5) is 18.9 Å². The van der Waals surface area contributed by atoms with Crippen LogP contribution in [0.15, 0.2) is 17.1 Å². The first-order valence-electron chi connectivity index (χ1n) is 8.43. The van der Waals surface area contributed by atoms with Gasteiger partial charge in [0.25, 0.3) is 0 Å². The molecular weight excluding hydrogens is 445 g/mol. The lowest BCUT2D eigenvalue weighted by molar-refractivity contribution is -0.137. The number of benzene rings is 1. The van der Waals surface area contributed by atoms with Crippen LogP contribution in [0.5, 0.6) is 0 Å². The van der Waals surface area contributed by atoms with Crippen molar-refractivity contribution < 1.29 is 13.2 Å². The Labute approximate surface area is 176 Å². The maximum Gasteiger partial charge on any atom is 0.416 e. The molecule has 1 atom stereocenters. The highest BCUT2D eigenvalue weighted by Crippen LogP contribution is 2.52. The largest absolute Gasteiger partial charge is 0.416 e. The van der Waals surface area contributed by atoms with Gasteiger partial charge in [0, 0.05) is 6.54 Å². The second-order valence-electron chi connectivity index (χ2n) is 6.63. The summed E-state index contributed by atoms with van der Waals surface area (Å²) in [5.74, 6) is 0.502. The Morgan fingerprint density at radius 1 is 1.15 bits per heavy atom. The van der Waals surface area contributed by atoms with Gasteiger partial charge < -0.3 is 0 Å². The summed E-state index contributed by atoms with van der Waals surface area (Å²) in [5.41, 5.74) is 4.22. The molecule has 0 saturated heterocycles. The van der Waals surface area contributed by atoms with Crippen molar-refractivity contribution in [1.82, 2.24) is 5.43 Å². The molecule has 1 unspecified atom stereocenters. The predicted molar refractivity (Wildman–Crippen MR) is 107 cm³/mol. The Morgan fingerprint density at radius 3 is 2.19 bits per heavy atom. The van der Waals surface area contributed by atoms with E-state index < -0.39 is 21.5 Å². The van der Waals surface area contributed by atoms with E-state index in [1.807, 2.05) is 13.8 Å². The lowest BCUT2D eigenvalue weighted by Crippen LogP contribution is -2.53. The second-order valence-corrected chi connectivity index (χ2v) is 8.93. The number of anilines is 1. The van der Waals surface area contributed by atoms with Crippen LogP contribution in [0.3, 0.4) is 0 Å². The van der Waals surface area contributed by atoms with Crippen molar-refractivity contribution in [3.05, 3.63) is 27.7 Å². The number of nitrogens with zero attached hydrogens (tertiary/aromatic N) is 1. The number of hydrogen-bond acceptors (Lipinski definition) is 2. The van der Waals surface area contributed by atoms with E-state index in [1.54, 1.807) is 0 Å². The number of nitrogens with one attached hydrogen (secondary N) is 2. The normalized spacial score (nSPS) is 23.2. The van der Waals surface area contributed by atoms with Gasteiger partial charge in [-0.25, -0.2) is 0 Å². The summed E-state index contributed by atoms with van der Waals surface area (Å²) in [6.07, 6.45) is -1.38. The van der Waals surface area contributed by atoms with Crippen LogP contribution in [0.25, 0.3) is 0 Å². The Kier molecular flexibility index (Phi) is 7.10. The minimum atomic E-state index is -4.54. The van der Waals surface area contributed by atoms with Crippen molar-refractivity contribution in [1.29, 1.82) is 0 Å². The molecule has 1 aliphatic carbocycles. The van der Waals surface area contributed by atoms with Crippen molar-refractivity contribution in [3.63, 3.8) is 0 Å². The third-order valence-corrected chi connectivity index (χ3v) is 6.55. The molecule has 0 heterocycles. The molecule has 1 aliphatic rings. The first-order valence-corrected chi connectivity index (χ1v) is 9.94. The Morgan fingerprint density at radius 2 is 1.70 bits per heavy atom. The molecule has 0 aliphatic heterocycles. The number of amidine groups is 1. The highest BCUT2D eigenvalue weighted by Gasteiger charge is 2.51. The maximum absolute atomic E-state index is 12.9. The van der Waals surface area contributed by atoms with Gasteiger partial charge in [0.15, 0.2) is 0 Å². The average Bonchev–Trinajstić information content (AvgIpc) is 2.54. The average molecular weight is 465 g/mol. The number of hydrazine groups is 1. The molecule has 27 heavy (non-hydrogen) atoms. The van der Waals surface area contributed by atoms with Crippen LogP contribution in [0, 0.1) is 5.41 Å². The Balaban J connectivity index is 2.29. The van der Waals surface area contributed by atoms with Gasteiger partial charge in [-0.3, -0.25) is 15.8 Å². The SMILES string of the molecule is CCN=C(NNc1c(Cl)cc(C(F)(F)F)cc1Cl)C1(C)CCCCC1(Cl)Cl. The monoisotopic (exact) mass is 463 g/mol. The second kappa shape index (κ2) is 8.44. The van der Waals surface area contributed by atoms with Crippen LogP contribution in [0.1, 0.15) is 45.1 Å². The fourth-order valence-corrected chi connectivity index (χ4v) is 4.28. The Bertz CT molecular complexity index is 699. The van der Waals surface area contributed by atoms with E-state index >= 15 is 0 Å². The standard InChI is InChI=1S/C17H20Cl4F3N3/c1-3-25-14(15(2)6-4-5-7-16(15,20)21)27-26-13-11(18)8-10(9-12(13)19)17(22,23)24/h8-9,26H,3-7H2,1-2H3,(H,25,27). The van der Waals surface area contributed by atoms with Crippen molar-refractivity contribution in [2.75, 3.05) is 12.0 Å². The fourth-order valence-electron chi connectivity index (χ4n) is 3.06. The predicted octanol–water partition coefficient (Wildman–Crippen LogP) is 7.10. The topological polar surface area (TPSA) is 36.4 Å². The van der Waals surface area contributed by atoms with Gasteiger partial charge in [0.1, 0.15) is 10.2 Å². The molecule has 10 heteroatoms. The van der Waals surface area contributed by atoms with E-state index in [0.29, 0.717) is 25.2 Å². The molecular formula is C17H20Cl4F3N3. The lowest BCUT2D eigenvalue weighted by atomic mass is 9.73. The van der Waals surface area contributed by atoms with Crippen LogP contribution >= 0.6 is 46.4 Å². The molecule has 2 rings (SSSR count). The van der Waals surface area contributed by atoms with E-state index in [9.17, 15) is 13.2 Å². The summed E-state index contributed by atoms with van der Waals surface area (Å²) in [6, 6.07) is 1.62. The first kappa shape index (κ1) is 22.7. The van der Waals surface area contributed by atoms with E-state index in [4.69, 9.17) is 46.4 Å². The molecule has 1 saturated carbocycles. The minimum Gasteiger partial charge on any atom is -0.297 e. The summed E-state index contributed by atoms with van der Waals surface area (Å²) in [6.45, 7) is 4.24. The molecule has 152 valence electrons. The van der Waals surface area contributed by atoms with Gasteiger partial charge in [0.05, 0.1) is 26.7 Å². The summed E-state index contributed by atoms with van der Waals surface area (Å²) < 4.78 is 37.6. The first-order chi connectivity index (χ1) is 12.4. The number of alkyl halides is 5. The van der Waals surface area contributed by atoms with Crippen molar-refractivity contribution >= 4 is 57.9 Å². The van der Waals surface area contributed by atoms with Gasteiger partial charge in [-0.2, -0.15) is 13.2 Å². The summed E-state index contributed by atoms with van der Waals surface area (Å²) in [5, 5.41) is -0.343. The van der Waals surface area contributed by atoms with E-state index in [2.05, 4.69) is 15.8 Å². The quantitative estimate of drug-likeness (QED) is 0.215. The Hall–Kier alpha value is -0.560. The molecule has 0 spiro atoms. The van der Waals surface area contributed by atoms with Crippen molar-refractivity contribution in [2.24, 2.45) is 10.4 Å². The maximum atomic E-state index is 12.9. The number of aliphatic imine (C=N–C) groups is 1. The van der Waals surface area contributed by atoms with Crippen molar-refractivity contribution in [3.8, 4) is 0 Å². The molecule has 1 aromatic carbocycles. The summed E-state index contributed by atoms with van der Waals surface area (Å²) >= 11 is 25.1. The van der Waals surface area contributed by atoms with Gasteiger partial charge >= 0.3 is 6.18 Å². The van der Waals surface area contributed by atoms with Crippen LogP contribution in [0.2, 0.25) is 10.0 Å². The van der Waals surface area contributed by atoms with Crippen LogP contribution < -0.4 is 10.9 Å². The van der Waals surface area contributed by atoms with Gasteiger partial charge in [0.2, 0.25) is 0 Å². The molecule has 0 amide bonds. The van der Waals surface area contributed by atoms with E-state index in [0.717, 1.165) is 25.0 Å². The zero-order valence-corrected chi connectivity index (χ0v) is 17.8. The smallest absolute Gasteiger partial charge is 0.297 e. The molecule has 0 bridgehead atoms. The fraction of sp³-hybridized carbons (Fsp3) is 0.588. The van der Waals surface area contributed by atoms with E-state index in [-0.39, 0.29) is 15.7 Å². The molecule has 3 nitrogen and oxygen atoms in total. The zero-order valence-electron chi connectivity index (χ0n) is 14.8. The highest BCUT2D eigenvalue weighted by atomic mass is 35.5. The summed E-state index contributed by atoms with van der Waals surface area (Å²) in [4.78, 5) is 4.45. The molecule has 1 fully saturated rings. The zero-order chi connectivity index (χ0) is 20.5. The number of hydrogen-bond donors (Lipinski definition) is 2. The van der Waals surface area contributed by atoms with Crippen LogP contribution in [-0.4, -0.2) is 16.7 Å². The van der Waals surface area contributed by atoms with Gasteiger partial charge in [-0.05, 0) is 38.8 Å². The van der Waals surface area contributed by atoms with Gasteiger partial charge in [-0.1, -0.05) is 36.0 Å². The molecule has 0 aromatic heterocycles.